The third-order valence-electron chi connectivity index (χ3n) is 6.83. The van der Waals surface area contributed by atoms with Gasteiger partial charge in [0.2, 0.25) is 0 Å². The molecule has 5 aromatic rings. The van der Waals surface area contributed by atoms with Crippen molar-refractivity contribution < 1.29 is 4.74 Å². The van der Waals surface area contributed by atoms with E-state index in [0.717, 1.165) is 42.9 Å². The Morgan fingerprint density at radius 1 is 0.857 bits per heavy atom. The van der Waals surface area contributed by atoms with Gasteiger partial charge in [-0.1, -0.05) is 72.9 Å². The quantitative estimate of drug-likeness (QED) is 0.271. The van der Waals surface area contributed by atoms with Crippen molar-refractivity contribution in [2.24, 2.45) is 0 Å². The van der Waals surface area contributed by atoms with Crippen LogP contribution in [0.3, 0.4) is 0 Å². The van der Waals surface area contributed by atoms with Gasteiger partial charge in [0.25, 0.3) is 0 Å². The lowest BCUT2D eigenvalue weighted by atomic mass is 9.98. The Bertz CT molecular complexity index is 1500. The number of nitrogens with zero attached hydrogens (tertiary/aromatic N) is 2. The van der Waals surface area contributed by atoms with Crippen LogP contribution in [-0.4, -0.2) is 21.1 Å². The highest BCUT2D eigenvalue weighted by molar-refractivity contribution is 7.81. The number of methoxy groups -OCH3 is 1. The number of nitrogens with one attached hydrogen (secondary N) is 1. The topological polar surface area (TPSA) is 30.6 Å². The Labute approximate surface area is 210 Å². The van der Waals surface area contributed by atoms with Crippen LogP contribution in [0.1, 0.15) is 24.1 Å². The number of imidazole rings is 1. The number of anilines is 1. The fraction of sp³-hybridized carbons (Fsp3) is 0.167. The number of benzene rings is 3. The Balaban J connectivity index is 1.57. The zero-order chi connectivity index (χ0) is 23.8. The Hall–Kier alpha value is -3.83. The van der Waals surface area contributed by atoms with Crippen molar-refractivity contribution in [3.05, 3.63) is 102 Å². The second-order valence-electron chi connectivity index (χ2n) is 8.93. The van der Waals surface area contributed by atoms with E-state index in [1.807, 2.05) is 24.3 Å². The number of thiocarbonyl (C=S) groups is 1. The Morgan fingerprint density at radius 3 is 2.23 bits per heavy atom. The molecule has 1 aliphatic heterocycles. The minimum atomic E-state index is 0.715. The van der Waals surface area contributed by atoms with E-state index in [2.05, 4.69) is 81.1 Å². The van der Waals surface area contributed by atoms with Crippen LogP contribution in [0.5, 0.6) is 5.75 Å². The van der Waals surface area contributed by atoms with Crippen molar-refractivity contribution in [3.8, 4) is 28.1 Å². The van der Waals surface area contributed by atoms with Gasteiger partial charge in [-0.2, -0.15) is 0 Å². The van der Waals surface area contributed by atoms with E-state index in [0.29, 0.717) is 4.99 Å². The minimum absolute atomic E-state index is 0.715. The number of rotatable bonds is 5. The summed E-state index contributed by atoms with van der Waals surface area (Å²) < 4.78 is 10.1. The molecule has 35 heavy (non-hydrogen) atoms. The van der Waals surface area contributed by atoms with Crippen molar-refractivity contribution in [2.75, 3.05) is 12.4 Å². The fourth-order valence-electron chi connectivity index (χ4n) is 5.23. The summed E-state index contributed by atoms with van der Waals surface area (Å²) in [5, 5.41) is 3.50. The van der Waals surface area contributed by atoms with Gasteiger partial charge in [-0.15, -0.1) is 0 Å². The van der Waals surface area contributed by atoms with Crippen LogP contribution in [0.25, 0.3) is 28.0 Å². The number of hydrogen-bond donors (Lipinski definition) is 1. The molecule has 0 spiro atoms. The molecule has 1 aliphatic rings. The summed E-state index contributed by atoms with van der Waals surface area (Å²) in [4.78, 5) is 0.715. The van der Waals surface area contributed by atoms with Crippen LogP contribution in [0, 0.1) is 0 Å². The van der Waals surface area contributed by atoms with Gasteiger partial charge in [0.05, 0.1) is 18.5 Å². The predicted octanol–water partition coefficient (Wildman–Crippen LogP) is 7.21. The molecule has 0 amide bonds. The molecular weight excluding hydrogens is 450 g/mol. The summed E-state index contributed by atoms with van der Waals surface area (Å²) in [6, 6.07) is 29.2. The predicted molar refractivity (Wildman–Crippen MR) is 148 cm³/mol. The van der Waals surface area contributed by atoms with Gasteiger partial charge in [0, 0.05) is 29.6 Å². The largest absolute Gasteiger partial charge is 0.497 e. The zero-order valence-electron chi connectivity index (χ0n) is 19.7. The fourth-order valence-corrected chi connectivity index (χ4v) is 5.55. The first-order valence-corrected chi connectivity index (χ1v) is 12.5. The maximum absolute atomic E-state index is 6.09. The summed E-state index contributed by atoms with van der Waals surface area (Å²) in [5.41, 5.74) is 9.53. The molecule has 4 nitrogen and oxygen atoms in total. The number of aromatic nitrogens is 2. The average molecular weight is 478 g/mol. The van der Waals surface area contributed by atoms with Crippen molar-refractivity contribution in [1.82, 2.24) is 8.97 Å². The standard InChI is InChI=1S/C30H27N3OS/c1-34-24-17-15-23(16-18-24)31-29(35)28-27(22-12-6-3-7-13-22)25-14-8-9-19-32-26(20-33(28)30(25)32)21-10-4-2-5-11-21/h2-7,10-13,15-18,20H,8-9,14,19H2,1H3,(H,31,35). The van der Waals surface area contributed by atoms with E-state index in [1.165, 1.54) is 33.6 Å². The van der Waals surface area contributed by atoms with E-state index in [9.17, 15) is 0 Å². The van der Waals surface area contributed by atoms with Gasteiger partial charge in [-0.05, 0) is 54.7 Å². The normalized spacial score (nSPS) is 12.9. The van der Waals surface area contributed by atoms with Crippen molar-refractivity contribution in [3.63, 3.8) is 0 Å². The second-order valence-corrected chi connectivity index (χ2v) is 9.34. The summed E-state index contributed by atoms with van der Waals surface area (Å²) in [6.07, 6.45) is 5.63. The lowest BCUT2D eigenvalue weighted by Crippen LogP contribution is -2.14. The number of ether oxygens (including phenoxy) is 1. The van der Waals surface area contributed by atoms with Gasteiger partial charge in [0.15, 0.2) is 0 Å². The van der Waals surface area contributed by atoms with Gasteiger partial charge in [-0.25, -0.2) is 0 Å². The SMILES string of the molecule is COc1ccc(NC(=S)c2c(-c3ccccc3)c3c4n(c(-c5ccccc5)cn24)CCCC3)cc1. The summed E-state index contributed by atoms with van der Waals surface area (Å²) >= 11 is 6.09. The van der Waals surface area contributed by atoms with Crippen molar-refractivity contribution in [2.45, 2.75) is 25.8 Å². The van der Waals surface area contributed by atoms with Crippen LogP contribution < -0.4 is 10.1 Å². The molecule has 0 aliphatic carbocycles. The molecule has 1 N–H and O–H groups in total. The number of hydrogen-bond acceptors (Lipinski definition) is 2. The highest BCUT2D eigenvalue weighted by atomic mass is 32.1. The van der Waals surface area contributed by atoms with Gasteiger partial charge in [0.1, 0.15) is 16.4 Å². The van der Waals surface area contributed by atoms with Crippen LogP contribution >= 0.6 is 12.2 Å². The molecule has 0 saturated heterocycles. The van der Waals surface area contributed by atoms with E-state index in [-0.39, 0.29) is 0 Å². The van der Waals surface area contributed by atoms with Crippen molar-refractivity contribution >= 4 is 28.5 Å². The third kappa shape index (κ3) is 3.82. The lowest BCUT2D eigenvalue weighted by molar-refractivity contribution is 0.415. The molecule has 6 rings (SSSR count). The first-order chi connectivity index (χ1) is 17.2. The summed E-state index contributed by atoms with van der Waals surface area (Å²) in [5.74, 6) is 0.825. The maximum atomic E-state index is 6.09. The average Bonchev–Trinajstić information content (AvgIpc) is 3.33. The van der Waals surface area contributed by atoms with E-state index in [4.69, 9.17) is 17.0 Å². The monoisotopic (exact) mass is 477 g/mol. The van der Waals surface area contributed by atoms with E-state index < -0.39 is 0 Å². The molecule has 5 heteroatoms. The van der Waals surface area contributed by atoms with Crippen molar-refractivity contribution in [1.29, 1.82) is 0 Å². The van der Waals surface area contributed by atoms with Gasteiger partial charge < -0.3 is 14.6 Å². The van der Waals surface area contributed by atoms with Crippen LogP contribution in [0.2, 0.25) is 0 Å². The molecule has 0 atom stereocenters. The first-order valence-electron chi connectivity index (χ1n) is 12.1. The lowest BCUT2D eigenvalue weighted by Gasteiger charge is -2.12. The summed E-state index contributed by atoms with van der Waals surface area (Å²) in [7, 11) is 1.68. The second kappa shape index (κ2) is 9.08. The molecule has 0 unspecified atom stereocenters. The summed E-state index contributed by atoms with van der Waals surface area (Å²) in [6.45, 7) is 1.00. The molecular formula is C30H27N3OS. The van der Waals surface area contributed by atoms with E-state index in [1.54, 1.807) is 7.11 Å². The molecule has 3 heterocycles. The smallest absolute Gasteiger partial charge is 0.128 e. The van der Waals surface area contributed by atoms with Crippen LogP contribution in [0.4, 0.5) is 5.69 Å². The molecule has 2 aromatic heterocycles. The van der Waals surface area contributed by atoms with E-state index >= 15 is 0 Å². The highest BCUT2D eigenvalue weighted by Gasteiger charge is 2.28. The maximum Gasteiger partial charge on any atom is 0.128 e. The van der Waals surface area contributed by atoms with Gasteiger partial charge in [-0.3, -0.25) is 4.40 Å². The minimum Gasteiger partial charge on any atom is -0.497 e. The zero-order valence-corrected chi connectivity index (χ0v) is 20.5. The molecule has 0 fully saturated rings. The van der Waals surface area contributed by atoms with Gasteiger partial charge >= 0.3 is 0 Å². The molecule has 0 bridgehead atoms. The number of aryl methyl sites for hydroxylation is 2. The molecule has 174 valence electrons. The Morgan fingerprint density at radius 2 is 1.54 bits per heavy atom. The molecule has 0 saturated carbocycles. The third-order valence-corrected chi connectivity index (χ3v) is 7.12. The van der Waals surface area contributed by atoms with Crippen LogP contribution in [-0.2, 0) is 13.0 Å². The molecule has 3 aromatic carbocycles. The first kappa shape index (κ1) is 21.7. The highest BCUT2D eigenvalue weighted by Crippen LogP contribution is 2.39. The Kier molecular flexibility index (Phi) is 5.63. The van der Waals surface area contributed by atoms with Crippen LogP contribution in [0.15, 0.2) is 91.1 Å². The molecule has 0 radical (unpaired) electrons.